The molecule has 1 aromatic heterocycles. The molecule has 7 heteroatoms. The number of furan rings is 1. The molecule has 1 atom stereocenters. The summed E-state index contributed by atoms with van der Waals surface area (Å²) >= 11 is 0. The van der Waals surface area contributed by atoms with Crippen molar-refractivity contribution in [3.05, 3.63) is 60.1 Å². The first kappa shape index (κ1) is 21.9. The van der Waals surface area contributed by atoms with E-state index in [2.05, 4.69) is 60.4 Å². The molecule has 1 N–H and O–H groups in total. The van der Waals surface area contributed by atoms with Crippen molar-refractivity contribution in [2.24, 2.45) is 4.99 Å². The standard InChI is InChI=1S/C23H33N5O2/c1-4-24-23(25-18-20(26(2)3)17-19-9-6-5-7-10-19)28-14-12-27(13-15-28)22(29)21-11-8-16-30-21/h5-11,16,20H,4,12-15,17-18H2,1-3H3,(H,24,25). The van der Waals surface area contributed by atoms with E-state index in [9.17, 15) is 4.79 Å². The Hall–Kier alpha value is -2.80. The van der Waals surface area contributed by atoms with Gasteiger partial charge in [0.1, 0.15) is 0 Å². The first-order valence-corrected chi connectivity index (χ1v) is 10.6. The average molecular weight is 412 g/mol. The first-order valence-electron chi connectivity index (χ1n) is 10.6. The maximum absolute atomic E-state index is 12.5. The number of benzene rings is 1. The lowest BCUT2D eigenvalue weighted by Crippen LogP contribution is -2.54. The van der Waals surface area contributed by atoms with E-state index in [1.54, 1.807) is 12.1 Å². The van der Waals surface area contributed by atoms with Crippen LogP contribution in [0.4, 0.5) is 0 Å². The number of piperazine rings is 1. The van der Waals surface area contributed by atoms with Gasteiger partial charge in [-0.2, -0.15) is 0 Å². The quantitative estimate of drug-likeness (QED) is 0.559. The van der Waals surface area contributed by atoms with Crippen molar-refractivity contribution < 1.29 is 9.21 Å². The molecule has 1 unspecified atom stereocenters. The van der Waals surface area contributed by atoms with E-state index in [-0.39, 0.29) is 5.91 Å². The fraction of sp³-hybridized carbons (Fsp3) is 0.478. The van der Waals surface area contributed by atoms with Crippen molar-refractivity contribution >= 4 is 11.9 Å². The van der Waals surface area contributed by atoms with E-state index in [0.717, 1.165) is 38.6 Å². The molecule has 1 aliphatic rings. The molecule has 0 aliphatic carbocycles. The van der Waals surface area contributed by atoms with E-state index in [1.807, 2.05) is 11.0 Å². The van der Waals surface area contributed by atoms with E-state index < -0.39 is 0 Å². The molecule has 1 aliphatic heterocycles. The van der Waals surface area contributed by atoms with Gasteiger partial charge in [0.2, 0.25) is 0 Å². The van der Waals surface area contributed by atoms with Gasteiger partial charge in [-0.25, -0.2) is 0 Å². The SMILES string of the molecule is CCNC(=NCC(Cc1ccccc1)N(C)C)N1CCN(C(=O)c2ccco2)CC1. The Labute approximate surface area is 179 Å². The lowest BCUT2D eigenvalue weighted by Gasteiger charge is -2.36. The minimum absolute atomic E-state index is 0.0443. The van der Waals surface area contributed by atoms with Gasteiger partial charge in [-0.1, -0.05) is 30.3 Å². The largest absolute Gasteiger partial charge is 0.459 e. The summed E-state index contributed by atoms with van der Waals surface area (Å²) in [6, 6.07) is 14.3. The lowest BCUT2D eigenvalue weighted by molar-refractivity contribution is 0.0657. The van der Waals surface area contributed by atoms with Crippen molar-refractivity contribution in [2.75, 3.05) is 53.4 Å². The van der Waals surface area contributed by atoms with Crippen LogP contribution in [0.5, 0.6) is 0 Å². The Morgan fingerprint density at radius 2 is 1.80 bits per heavy atom. The van der Waals surface area contributed by atoms with Crippen LogP contribution >= 0.6 is 0 Å². The summed E-state index contributed by atoms with van der Waals surface area (Å²) in [5.41, 5.74) is 1.32. The molecule has 0 radical (unpaired) electrons. The van der Waals surface area contributed by atoms with Gasteiger partial charge in [0, 0.05) is 38.8 Å². The number of rotatable bonds is 7. The van der Waals surface area contributed by atoms with Crippen molar-refractivity contribution in [1.82, 2.24) is 20.0 Å². The number of hydrogen-bond acceptors (Lipinski definition) is 4. The Morgan fingerprint density at radius 3 is 2.40 bits per heavy atom. The van der Waals surface area contributed by atoms with Gasteiger partial charge in [0.05, 0.1) is 12.8 Å². The zero-order valence-electron chi connectivity index (χ0n) is 18.3. The predicted molar refractivity (Wildman–Crippen MR) is 120 cm³/mol. The van der Waals surface area contributed by atoms with E-state index in [0.29, 0.717) is 24.9 Å². The predicted octanol–water partition coefficient (Wildman–Crippen LogP) is 2.18. The monoisotopic (exact) mass is 411 g/mol. The normalized spacial score (nSPS) is 16.1. The number of nitrogens with one attached hydrogen (secondary N) is 1. The zero-order chi connectivity index (χ0) is 21.3. The summed E-state index contributed by atoms with van der Waals surface area (Å²) in [5.74, 6) is 1.28. The molecular weight excluding hydrogens is 378 g/mol. The molecule has 1 amide bonds. The topological polar surface area (TPSA) is 64.3 Å². The number of carbonyl (C=O) groups excluding carboxylic acids is 1. The number of amides is 1. The molecule has 0 bridgehead atoms. The first-order chi connectivity index (χ1) is 14.6. The maximum atomic E-state index is 12.5. The Balaban J connectivity index is 1.60. The van der Waals surface area contributed by atoms with Gasteiger partial charge >= 0.3 is 0 Å². The second kappa shape index (κ2) is 10.8. The third-order valence-corrected chi connectivity index (χ3v) is 5.43. The highest BCUT2D eigenvalue weighted by atomic mass is 16.3. The fourth-order valence-electron chi connectivity index (χ4n) is 3.59. The number of likely N-dealkylation sites (N-methyl/N-ethyl adjacent to an activating group) is 1. The van der Waals surface area contributed by atoms with Gasteiger partial charge in [-0.05, 0) is 45.1 Å². The number of guanidine groups is 1. The van der Waals surface area contributed by atoms with Gasteiger partial charge in [-0.15, -0.1) is 0 Å². The minimum atomic E-state index is -0.0443. The second-order valence-electron chi connectivity index (χ2n) is 7.76. The van der Waals surface area contributed by atoms with Crippen LogP contribution in [0.3, 0.4) is 0 Å². The molecule has 0 spiro atoms. The summed E-state index contributed by atoms with van der Waals surface area (Å²) < 4.78 is 5.25. The summed E-state index contributed by atoms with van der Waals surface area (Å²) in [6.45, 7) is 6.44. The molecule has 7 nitrogen and oxygen atoms in total. The molecule has 0 saturated carbocycles. The summed E-state index contributed by atoms with van der Waals surface area (Å²) in [5, 5.41) is 3.42. The molecule has 162 valence electrons. The molecule has 30 heavy (non-hydrogen) atoms. The van der Waals surface area contributed by atoms with Crippen LogP contribution < -0.4 is 5.32 Å². The highest BCUT2D eigenvalue weighted by Crippen LogP contribution is 2.11. The van der Waals surface area contributed by atoms with Gasteiger partial charge < -0.3 is 24.4 Å². The van der Waals surface area contributed by atoms with Crippen molar-refractivity contribution in [3.63, 3.8) is 0 Å². The van der Waals surface area contributed by atoms with Crippen LogP contribution in [-0.2, 0) is 6.42 Å². The maximum Gasteiger partial charge on any atom is 0.289 e. The van der Waals surface area contributed by atoms with Gasteiger partial charge in [0.25, 0.3) is 5.91 Å². The molecular formula is C23H33N5O2. The van der Waals surface area contributed by atoms with Crippen LogP contribution in [0.2, 0.25) is 0 Å². The molecule has 1 saturated heterocycles. The van der Waals surface area contributed by atoms with Gasteiger partial charge in [0.15, 0.2) is 11.7 Å². The third-order valence-electron chi connectivity index (χ3n) is 5.43. The Bertz CT molecular complexity index is 796. The number of carbonyl (C=O) groups is 1. The second-order valence-corrected chi connectivity index (χ2v) is 7.76. The fourth-order valence-corrected chi connectivity index (χ4v) is 3.59. The summed E-state index contributed by atoms with van der Waals surface area (Å²) in [7, 11) is 4.21. The molecule has 3 rings (SSSR count). The van der Waals surface area contributed by atoms with Crippen LogP contribution in [0, 0.1) is 0 Å². The summed E-state index contributed by atoms with van der Waals surface area (Å²) in [6.07, 6.45) is 2.50. The Kier molecular flexibility index (Phi) is 7.90. The van der Waals surface area contributed by atoms with E-state index in [4.69, 9.17) is 9.41 Å². The van der Waals surface area contributed by atoms with Crippen LogP contribution in [0.1, 0.15) is 23.0 Å². The molecule has 1 fully saturated rings. The van der Waals surface area contributed by atoms with E-state index >= 15 is 0 Å². The lowest BCUT2D eigenvalue weighted by atomic mass is 10.1. The van der Waals surface area contributed by atoms with Crippen LogP contribution in [0.25, 0.3) is 0 Å². The Morgan fingerprint density at radius 1 is 1.10 bits per heavy atom. The number of nitrogens with zero attached hydrogens (tertiary/aromatic N) is 4. The zero-order valence-corrected chi connectivity index (χ0v) is 18.3. The van der Waals surface area contributed by atoms with Crippen molar-refractivity contribution in [3.8, 4) is 0 Å². The highest BCUT2D eigenvalue weighted by Gasteiger charge is 2.25. The minimum Gasteiger partial charge on any atom is -0.459 e. The summed E-state index contributed by atoms with van der Waals surface area (Å²) in [4.78, 5) is 23.8. The highest BCUT2D eigenvalue weighted by molar-refractivity contribution is 5.91. The molecule has 1 aromatic carbocycles. The average Bonchev–Trinajstić information content (AvgIpc) is 3.31. The number of aliphatic imine (C=N–C) groups is 1. The van der Waals surface area contributed by atoms with Crippen LogP contribution in [0.15, 0.2) is 58.1 Å². The number of hydrogen-bond donors (Lipinski definition) is 1. The van der Waals surface area contributed by atoms with Crippen LogP contribution in [-0.4, -0.2) is 86.0 Å². The molecule has 2 heterocycles. The molecule has 2 aromatic rings. The van der Waals surface area contributed by atoms with E-state index in [1.165, 1.54) is 11.8 Å². The van der Waals surface area contributed by atoms with Crippen molar-refractivity contribution in [2.45, 2.75) is 19.4 Å². The van der Waals surface area contributed by atoms with Crippen molar-refractivity contribution in [1.29, 1.82) is 0 Å². The van der Waals surface area contributed by atoms with Gasteiger partial charge in [-0.3, -0.25) is 9.79 Å². The smallest absolute Gasteiger partial charge is 0.289 e. The third kappa shape index (κ3) is 5.86.